The largest absolute Gasteiger partial charge is 0.478 e. The van der Waals surface area contributed by atoms with Crippen molar-refractivity contribution >= 4 is 23.9 Å². The molecule has 98 valence electrons. The van der Waals surface area contributed by atoms with Crippen LogP contribution in [0.3, 0.4) is 0 Å². The van der Waals surface area contributed by atoms with Crippen LogP contribution in [0.15, 0.2) is 12.1 Å². The summed E-state index contributed by atoms with van der Waals surface area (Å²) in [4.78, 5) is 43.1. The summed E-state index contributed by atoms with van der Waals surface area (Å²) in [6.45, 7) is 0. The number of hydrogen-bond acceptors (Lipinski definition) is 4. The smallest absolute Gasteiger partial charge is 0.336 e. The first kappa shape index (κ1) is 13.2. The minimum Gasteiger partial charge on any atom is -0.478 e. The highest BCUT2D eigenvalue weighted by Gasteiger charge is 2.24. The predicted octanol–water partition coefficient (Wildman–Crippen LogP) is 0.971. The molecule has 0 aliphatic carbocycles. The summed E-state index contributed by atoms with van der Waals surface area (Å²) in [6, 6.07) is 1.02. The Kier molecular flexibility index (Phi) is 3.32. The summed E-state index contributed by atoms with van der Waals surface area (Å²) in [7, 11) is 0. The molecule has 0 atom stereocenters. The molecule has 0 aromatic heterocycles. The third-order valence-corrected chi connectivity index (χ3v) is 2.08. The van der Waals surface area contributed by atoms with Crippen LogP contribution >= 0.6 is 0 Å². The molecule has 1 aromatic rings. The fourth-order valence-corrected chi connectivity index (χ4v) is 1.31. The first-order valence-corrected chi connectivity index (χ1v) is 4.37. The number of carboxylic acids is 4. The van der Waals surface area contributed by atoms with Crippen LogP contribution in [0.5, 0.6) is 0 Å². The van der Waals surface area contributed by atoms with Crippen LogP contribution in [0.25, 0.3) is 0 Å². The highest BCUT2D eigenvalue weighted by atomic mass is 16.4. The van der Waals surface area contributed by atoms with E-state index in [2.05, 4.69) is 0 Å². The lowest BCUT2D eigenvalue weighted by atomic mass is 9.98. The van der Waals surface area contributed by atoms with E-state index in [9.17, 15) is 19.2 Å². The molecule has 0 saturated heterocycles. The molecule has 0 radical (unpaired) electrons. The van der Waals surface area contributed by atoms with Gasteiger partial charge in [-0.15, -0.1) is 0 Å². The second kappa shape index (κ2) is 4.53. The SMILES string of the molecule is O=C(O)c1cc(C(=O)O)c(C(=O)O)cc1C(=O)O.[HH].[HH]. The van der Waals surface area contributed by atoms with Gasteiger partial charge >= 0.3 is 23.9 Å². The molecule has 0 heterocycles. The second-order valence-electron chi connectivity index (χ2n) is 3.16. The van der Waals surface area contributed by atoms with Gasteiger partial charge < -0.3 is 20.4 Å². The molecule has 0 bridgehead atoms. The van der Waals surface area contributed by atoms with Crippen molar-refractivity contribution in [3.8, 4) is 0 Å². The van der Waals surface area contributed by atoms with Crippen LogP contribution in [0.2, 0.25) is 0 Å². The molecule has 0 amide bonds. The van der Waals surface area contributed by atoms with Crippen LogP contribution in [0.1, 0.15) is 44.3 Å². The summed E-state index contributed by atoms with van der Waals surface area (Å²) in [5, 5.41) is 35.0. The van der Waals surface area contributed by atoms with E-state index < -0.39 is 46.1 Å². The Bertz CT molecular complexity index is 483. The van der Waals surface area contributed by atoms with Crippen molar-refractivity contribution in [1.82, 2.24) is 0 Å². The molecule has 0 aliphatic heterocycles. The van der Waals surface area contributed by atoms with Gasteiger partial charge in [-0.3, -0.25) is 0 Å². The Morgan fingerprint density at radius 3 is 0.889 bits per heavy atom. The van der Waals surface area contributed by atoms with Gasteiger partial charge in [0.05, 0.1) is 22.3 Å². The van der Waals surface area contributed by atoms with Gasteiger partial charge in [0.1, 0.15) is 0 Å². The summed E-state index contributed by atoms with van der Waals surface area (Å²) in [5.74, 6) is -6.64. The summed E-state index contributed by atoms with van der Waals surface area (Å²) < 4.78 is 0. The zero-order chi connectivity index (χ0) is 14.0. The zero-order valence-electron chi connectivity index (χ0n) is 8.58. The van der Waals surface area contributed by atoms with Gasteiger partial charge in [0.15, 0.2) is 0 Å². The van der Waals surface area contributed by atoms with E-state index in [1.54, 1.807) is 0 Å². The first-order chi connectivity index (χ1) is 8.25. The third-order valence-electron chi connectivity index (χ3n) is 2.08. The van der Waals surface area contributed by atoms with Crippen LogP contribution in [0.4, 0.5) is 0 Å². The zero-order valence-corrected chi connectivity index (χ0v) is 8.58. The molecule has 4 N–H and O–H groups in total. The van der Waals surface area contributed by atoms with Crippen molar-refractivity contribution in [1.29, 1.82) is 0 Å². The third kappa shape index (κ3) is 2.26. The quantitative estimate of drug-likeness (QED) is 0.623. The van der Waals surface area contributed by atoms with Crippen LogP contribution in [-0.2, 0) is 0 Å². The maximum Gasteiger partial charge on any atom is 0.336 e. The highest BCUT2D eigenvalue weighted by molar-refractivity contribution is 6.09. The van der Waals surface area contributed by atoms with Crippen molar-refractivity contribution in [2.45, 2.75) is 0 Å². The van der Waals surface area contributed by atoms with E-state index >= 15 is 0 Å². The molecule has 8 nitrogen and oxygen atoms in total. The van der Waals surface area contributed by atoms with Gasteiger partial charge in [0.25, 0.3) is 0 Å². The van der Waals surface area contributed by atoms with E-state index in [1.807, 2.05) is 0 Å². The normalized spacial score (nSPS) is 9.78. The van der Waals surface area contributed by atoms with Gasteiger partial charge in [0.2, 0.25) is 0 Å². The van der Waals surface area contributed by atoms with Gasteiger partial charge in [-0.2, -0.15) is 0 Å². The maximum atomic E-state index is 10.8. The van der Waals surface area contributed by atoms with Crippen LogP contribution < -0.4 is 0 Å². The molecule has 1 rings (SSSR count). The number of carboxylic acid groups (broad SMARTS) is 4. The Labute approximate surface area is 102 Å². The van der Waals surface area contributed by atoms with E-state index in [0.29, 0.717) is 12.1 Å². The molecular weight excluding hydrogens is 248 g/mol. The topological polar surface area (TPSA) is 149 Å². The van der Waals surface area contributed by atoms with Crippen molar-refractivity contribution < 1.29 is 42.5 Å². The van der Waals surface area contributed by atoms with Crippen molar-refractivity contribution in [3.63, 3.8) is 0 Å². The van der Waals surface area contributed by atoms with E-state index in [-0.39, 0.29) is 2.85 Å². The summed E-state index contributed by atoms with van der Waals surface area (Å²) in [6.07, 6.45) is 0. The molecule has 0 spiro atoms. The molecule has 0 aliphatic rings. The molecule has 0 unspecified atom stereocenters. The van der Waals surface area contributed by atoms with E-state index in [0.717, 1.165) is 0 Å². The average Bonchev–Trinajstić information content (AvgIpc) is 2.26. The van der Waals surface area contributed by atoms with Gasteiger partial charge in [0, 0.05) is 2.85 Å². The predicted molar refractivity (Wildman–Crippen MR) is 58.5 cm³/mol. The number of hydrogen-bond donors (Lipinski definition) is 4. The summed E-state index contributed by atoms with van der Waals surface area (Å²) >= 11 is 0. The average molecular weight is 258 g/mol. The Hall–Kier alpha value is -2.90. The molecule has 1 aromatic carbocycles. The van der Waals surface area contributed by atoms with Gasteiger partial charge in [-0.1, -0.05) is 0 Å². The first-order valence-electron chi connectivity index (χ1n) is 4.37. The minimum absolute atomic E-state index is 0. The maximum absolute atomic E-state index is 10.8. The standard InChI is InChI=1S/C10H6O8.2H2/c11-7(12)3-1-4(8(13)14)6(10(17)18)2-5(3)9(15)16;;/h1-2H,(H,11,12)(H,13,14)(H,15,16)(H,17,18);2*1H. The minimum atomic E-state index is -1.66. The van der Waals surface area contributed by atoms with Crippen molar-refractivity contribution in [2.24, 2.45) is 0 Å². The van der Waals surface area contributed by atoms with Crippen LogP contribution in [-0.4, -0.2) is 44.3 Å². The lowest BCUT2D eigenvalue weighted by Gasteiger charge is -2.06. The Morgan fingerprint density at radius 2 is 0.778 bits per heavy atom. The number of rotatable bonds is 4. The number of aromatic carboxylic acids is 4. The summed E-state index contributed by atoms with van der Waals surface area (Å²) in [5.41, 5.74) is -3.15. The number of carbonyl (C=O) groups is 4. The number of benzene rings is 1. The van der Waals surface area contributed by atoms with E-state index in [1.165, 1.54) is 0 Å². The second-order valence-corrected chi connectivity index (χ2v) is 3.16. The van der Waals surface area contributed by atoms with E-state index in [4.69, 9.17) is 20.4 Å². The monoisotopic (exact) mass is 258 g/mol. The fraction of sp³-hybridized carbons (Fsp3) is 0. The fourth-order valence-electron chi connectivity index (χ4n) is 1.31. The lowest BCUT2D eigenvalue weighted by molar-refractivity contribution is 0.0637. The van der Waals surface area contributed by atoms with Crippen molar-refractivity contribution in [3.05, 3.63) is 34.4 Å². The Balaban J connectivity index is 0. The molecule has 0 fully saturated rings. The Morgan fingerprint density at radius 1 is 0.611 bits per heavy atom. The highest BCUT2D eigenvalue weighted by Crippen LogP contribution is 2.18. The van der Waals surface area contributed by atoms with Crippen LogP contribution in [0, 0.1) is 0 Å². The molecule has 0 saturated carbocycles. The lowest BCUT2D eigenvalue weighted by Crippen LogP contribution is -2.15. The molecular formula is C10H10O8. The molecule has 18 heavy (non-hydrogen) atoms. The van der Waals surface area contributed by atoms with Gasteiger partial charge in [-0.05, 0) is 12.1 Å². The molecule has 8 heteroatoms. The van der Waals surface area contributed by atoms with Gasteiger partial charge in [-0.25, -0.2) is 19.2 Å². The van der Waals surface area contributed by atoms with Crippen molar-refractivity contribution in [2.75, 3.05) is 0 Å².